The Balaban J connectivity index is 1.83. The fraction of sp³-hybridized carbons (Fsp3) is 0.143. The highest BCUT2D eigenvalue weighted by atomic mass is 28.3. The molecule has 5 heteroatoms. The van der Waals surface area contributed by atoms with E-state index in [0.29, 0.717) is 0 Å². The van der Waals surface area contributed by atoms with Gasteiger partial charge in [0.1, 0.15) is 0 Å². The molecule has 1 aliphatic rings. The zero-order chi connectivity index (χ0) is 54.9. The Kier molecular flexibility index (Phi) is 3.05. The van der Waals surface area contributed by atoms with Crippen LogP contribution in [0.2, 0.25) is 0 Å². The van der Waals surface area contributed by atoms with Crippen molar-refractivity contribution in [3.8, 4) is 5.69 Å². The van der Waals surface area contributed by atoms with Crippen molar-refractivity contribution in [1.29, 1.82) is 0 Å². The maximum absolute atomic E-state index is 10.6. The third kappa shape index (κ3) is 4.64. The minimum atomic E-state index is -6.34. The highest BCUT2D eigenvalue weighted by molar-refractivity contribution is 7.20. The third-order valence-electron chi connectivity index (χ3n) is 8.57. The lowest BCUT2D eigenvalue weighted by molar-refractivity contribution is 0.00578. The van der Waals surface area contributed by atoms with Crippen molar-refractivity contribution in [3.63, 3.8) is 0 Å². The number of fused-ring (bicyclic) bond motifs is 3. The Morgan fingerprint density at radius 3 is 1.36 bits per heavy atom. The van der Waals surface area contributed by atoms with Crippen LogP contribution < -0.4 is 26.2 Å². The first kappa shape index (κ1) is 12.7. The van der Waals surface area contributed by atoms with Crippen LogP contribution in [0.1, 0.15) is 63.3 Å². The molecule has 0 atom stereocenters. The fourth-order valence-corrected chi connectivity index (χ4v) is 9.19. The number of hydrogen-bond donors (Lipinski definition) is 0. The monoisotopic (exact) mass is 653 g/mol. The highest BCUT2D eigenvalue weighted by Crippen LogP contribution is 2.38. The van der Waals surface area contributed by atoms with E-state index in [2.05, 4.69) is 0 Å². The van der Waals surface area contributed by atoms with Crippen molar-refractivity contribution >= 4 is 63.2 Å². The molecule has 7 aromatic rings. The summed E-state index contributed by atoms with van der Waals surface area (Å²) in [4.78, 5) is 0. The first-order valence-corrected chi connectivity index (χ1v) is 16.3. The molecule has 3 nitrogen and oxygen atoms in total. The molecule has 1 saturated heterocycles. The van der Waals surface area contributed by atoms with Crippen LogP contribution in [-0.2, 0) is 9.31 Å². The van der Waals surface area contributed by atoms with Gasteiger partial charge < -0.3 is 13.9 Å². The van der Waals surface area contributed by atoms with E-state index in [1.54, 1.807) is 27.7 Å². The summed E-state index contributed by atoms with van der Waals surface area (Å²) in [5, 5.41) is -5.32. The second-order valence-electron chi connectivity index (χ2n) is 11.6. The second kappa shape index (κ2) is 11.2. The number of hydrogen-bond acceptors (Lipinski definition) is 2. The average Bonchev–Trinajstić information content (AvgIpc) is 3.79. The lowest BCUT2D eigenvalue weighted by atomic mass is 9.77. The smallest absolute Gasteiger partial charge is 0.399 e. The molecule has 0 aliphatic carbocycles. The van der Waals surface area contributed by atoms with E-state index in [1.165, 1.54) is 0 Å². The summed E-state index contributed by atoms with van der Waals surface area (Å²) in [6.07, 6.45) is 0. The maximum Gasteiger partial charge on any atom is 0.496 e. The van der Waals surface area contributed by atoms with Gasteiger partial charge in [0, 0.05) is 21.9 Å². The van der Waals surface area contributed by atoms with Gasteiger partial charge >= 0.3 is 7.12 Å². The first-order valence-electron chi connectivity index (χ1n) is 27.3. The van der Waals surface area contributed by atoms with Crippen molar-refractivity contribution in [2.45, 2.75) is 38.9 Å². The molecule has 0 bridgehead atoms. The summed E-state index contributed by atoms with van der Waals surface area (Å²) >= 11 is 0. The van der Waals surface area contributed by atoms with Gasteiger partial charge in [0.05, 0.1) is 57.9 Å². The van der Waals surface area contributed by atoms with E-state index in [0.717, 1.165) is 4.57 Å². The molecule has 1 aliphatic heterocycles. The molecule has 2 heterocycles. The molecule has 8 rings (SSSR count). The summed E-state index contributed by atoms with van der Waals surface area (Å²) in [5.74, 6) is 0. The number of rotatable bonds is 6. The van der Waals surface area contributed by atoms with Gasteiger partial charge in [-0.25, -0.2) is 0 Å². The zero-order valence-electron chi connectivity index (χ0n) is 51.3. The van der Waals surface area contributed by atoms with Crippen LogP contribution in [0, 0.1) is 0 Å². The summed E-state index contributed by atoms with van der Waals surface area (Å²) < 4.78 is 252. The van der Waals surface area contributed by atoms with Gasteiger partial charge in [-0.2, -0.15) is 0 Å². The van der Waals surface area contributed by atoms with Crippen LogP contribution >= 0.6 is 0 Å². The second-order valence-corrected chi connectivity index (χ2v) is 15.1. The summed E-state index contributed by atoms with van der Waals surface area (Å²) in [6, 6.07) is -27.9. The Morgan fingerprint density at radius 2 is 0.915 bits per heavy atom. The standard InChI is InChI=1S/C42H38BNO2Si/c1-41(2)42(3,4)46-43(45-41)37-30-34(28-29-40(37)44-38-26-16-14-24-35(38)36-25-15-17-27-39(36)44)47(31-18-8-5-9-19-31,32-20-10-6-11-21-32)33-22-12-7-13-23-33/h5-30H,1-4H3/i5D,6D,7D,8D,9D,10D,11D,12D,13D,14D,15D,16D,17D,18D,19D,20D,21D,22D,23D,24D,25D,26D,27D,28D,29D,30D. The van der Waals surface area contributed by atoms with E-state index in [1.807, 2.05) is 0 Å². The molecular weight excluding hydrogens is 589 g/mol. The van der Waals surface area contributed by atoms with Gasteiger partial charge in [-0.15, -0.1) is 0 Å². The van der Waals surface area contributed by atoms with Gasteiger partial charge in [-0.3, -0.25) is 0 Å². The van der Waals surface area contributed by atoms with Crippen LogP contribution in [0.3, 0.4) is 0 Å². The number of para-hydroxylation sites is 2. The maximum atomic E-state index is 10.6. The molecule has 1 fully saturated rings. The van der Waals surface area contributed by atoms with Gasteiger partial charge in [0.25, 0.3) is 0 Å². The van der Waals surface area contributed by atoms with Gasteiger partial charge in [-0.1, -0.05) is 139 Å². The summed E-state index contributed by atoms with van der Waals surface area (Å²) in [6.45, 7) is 6.21. The summed E-state index contributed by atoms with van der Waals surface area (Å²) in [7, 11) is -8.35. The molecule has 0 unspecified atom stereocenters. The van der Waals surface area contributed by atoms with Crippen molar-refractivity contribution in [2.24, 2.45) is 0 Å². The van der Waals surface area contributed by atoms with Crippen molar-refractivity contribution in [2.75, 3.05) is 0 Å². The molecule has 0 radical (unpaired) electrons. The van der Waals surface area contributed by atoms with Crippen molar-refractivity contribution < 1.29 is 44.9 Å². The van der Waals surface area contributed by atoms with E-state index in [9.17, 15) is 15.1 Å². The third-order valence-corrected chi connectivity index (χ3v) is 12.6. The average molecular weight is 654 g/mol. The highest BCUT2D eigenvalue weighted by Gasteiger charge is 2.53. The lowest BCUT2D eigenvalue weighted by Crippen LogP contribution is -2.75. The first-order chi connectivity index (χ1) is 33.6. The number of nitrogens with zero attached hydrogens (tertiary/aromatic N) is 1. The normalized spacial score (nSPS) is 23.5. The van der Waals surface area contributed by atoms with Crippen LogP contribution in [0.4, 0.5) is 0 Å². The number of aromatic nitrogens is 1. The topological polar surface area (TPSA) is 23.4 Å². The van der Waals surface area contributed by atoms with E-state index < -0.39 is 237 Å². The van der Waals surface area contributed by atoms with Crippen LogP contribution in [0.15, 0.2) is 157 Å². The predicted molar refractivity (Wildman–Crippen MR) is 200 cm³/mol. The van der Waals surface area contributed by atoms with E-state index in [-0.39, 0.29) is 0 Å². The van der Waals surface area contributed by atoms with Crippen LogP contribution in [0.25, 0.3) is 27.5 Å². The Hall–Kier alpha value is -4.68. The van der Waals surface area contributed by atoms with Crippen molar-refractivity contribution in [3.05, 3.63) is 157 Å². The number of benzene rings is 6. The Labute approximate surface area is 315 Å². The Morgan fingerprint density at radius 1 is 0.511 bits per heavy atom. The molecule has 6 aromatic carbocycles. The molecular formula is C42H38BNO2Si. The lowest BCUT2D eigenvalue weighted by Gasteiger charge is -2.35. The van der Waals surface area contributed by atoms with Crippen molar-refractivity contribution in [1.82, 2.24) is 4.57 Å². The molecule has 1 aromatic heterocycles. The predicted octanol–water partition coefficient (Wildman–Crippen LogP) is 6.46. The van der Waals surface area contributed by atoms with Crippen LogP contribution in [0.5, 0.6) is 0 Å². The fourth-order valence-electron chi connectivity index (χ4n) is 5.62. The molecule has 0 N–H and O–H groups in total. The quantitative estimate of drug-likeness (QED) is 0.152. The largest absolute Gasteiger partial charge is 0.496 e. The van der Waals surface area contributed by atoms with Gasteiger partial charge in [0.15, 0.2) is 8.07 Å². The zero-order valence-corrected chi connectivity index (χ0v) is 26.3. The molecule has 47 heavy (non-hydrogen) atoms. The van der Waals surface area contributed by atoms with Crippen LogP contribution in [-0.4, -0.2) is 31.0 Å². The van der Waals surface area contributed by atoms with Gasteiger partial charge in [-0.05, 0) is 66.6 Å². The SMILES string of the molecule is [2H]c1c([2H])c([2H])c([Si](c2c([2H])c([2H])c([2H])c([2H])c2[2H])(c2c([2H])c([2H])c([2H])c([2H])c2[2H])c2c([2H])c([2H])c(-n3c4c([2H])c([2H])c([2H])c([2H])c4c4c([2H])c([2H])c([2H])c([2H])c43)c(B3OC(C)(C)C(C)(C)O3)c2[2H])c([2H])c1[2H]. The summed E-state index contributed by atoms with van der Waals surface area (Å²) in [5.41, 5.74) is -5.58. The minimum absolute atomic E-state index is 0.504. The van der Waals surface area contributed by atoms with Gasteiger partial charge in [0.2, 0.25) is 0 Å². The van der Waals surface area contributed by atoms with E-state index in [4.69, 9.17) is 29.9 Å². The molecule has 230 valence electrons. The molecule has 0 spiro atoms. The molecule has 0 saturated carbocycles. The van der Waals surface area contributed by atoms with E-state index >= 15 is 0 Å². The minimum Gasteiger partial charge on any atom is -0.399 e. The molecule has 0 amide bonds. The Bertz CT molecular complexity index is 3340.